The van der Waals surface area contributed by atoms with Gasteiger partial charge in [-0.15, -0.1) is 0 Å². The molecule has 14 heavy (non-hydrogen) atoms. The fourth-order valence-corrected chi connectivity index (χ4v) is 0.798. The maximum absolute atomic E-state index is 11.2. The number of amides is 1. The van der Waals surface area contributed by atoms with Crippen molar-refractivity contribution in [3.63, 3.8) is 0 Å². The molecule has 0 aliphatic carbocycles. The summed E-state index contributed by atoms with van der Waals surface area (Å²) >= 11 is 0. The molecule has 0 aromatic heterocycles. The van der Waals surface area contributed by atoms with Crippen molar-refractivity contribution in [3.05, 3.63) is 0 Å². The van der Waals surface area contributed by atoms with E-state index in [2.05, 4.69) is 10.6 Å². The monoisotopic (exact) mass is 204 g/mol. The normalized spacial score (nSPS) is 16.9. The van der Waals surface area contributed by atoms with Crippen molar-refractivity contribution in [2.45, 2.75) is 32.0 Å². The molecule has 0 aromatic rings. The number of carboxylic acids is 1. The molecule has 4 N–H and O–H groups in total. The minimum atomic E-state index is -1.27. The first-order chi connectivity index (χ1) is 6.40. The van der Waals surface area contributed by atoms with Crippen molar-refractivity contribution in [1.29, 1.82) is 0 Å². The van der Waals surface area contributed by atoms with E-state index in [1.807, 2.05) is 0 Å². The second-order valence-electron chi connectivity index (χ2n) is 3.08. The molecule has 0 saturated heterocycles. The Morgan fingerprint density at radius 3 is 2.07 bits per heavy atom. The van der Waals surface area contributed by atoms with Crippen molar-refractivity contribution >= 4 is 11.9 Å². The molecule has 3 atom stereocenters. The highest BCUT2D eigenvalue weighted by Gasteiger charge is 2.26. The van der Waals surface area contributed by atoms with Crippen LogP contribution in [-0.2, 0) is 9.59 Å². The maximum atomic E-state index is 11.2. The number of carbonyl (C=O) groups is 2. The summed E-state index contributed by atoms with van der Waals surface area (Å²) in [6.07, 6.45) is -1.12. The van der Waals surface area contributed by atoms with Crippen LogP contribution in [0.2, 0.25) is 0 Å². The van der Waals surface area contributed by atoms with Gasteiger partial charge in [-0.05, 0) is 20.9 Å². The Morgan fingerprint density at radius 1 is 1.29 bits per heavy atom. The van der Waals surface area contributed by atoms with Crippen LogP contribution in [0.25, 0.3) is 0 Å². The number of likely N-dealkylation sites (N-methyl/N-ethyl adjacent to an activating group) is 1. The van der Waals surface area contributed by atoms with Crippen molar-refractivity contribution in [2.24, 2.45) is 0 Å². The number of carboxylic acid groups (broad SMARTS) is 1. The first kappa shape index (κ1) is 12.9. The summed E-state index contributed by atoms with van der Waals surface area (Å²) in [5.41, 5.74) is 0. The van der Waals surface area contributed by atoms with E-state index in [4.69, 9.17) is 10.2 Å². The van der Waals surface area contributed by atoms with Gasteiger partial charge >= 0.3 is 5.97 Å². The molecular weight excluding hydrogens is 188 g/mol. The molecule has 0 aliphatic heterocycles. The number of nitrogens with one attached hydrogen (secondary N) is 2. The number of hydrogen-bond acceptors (Lipinski definition) is 4. The van der Waals surface area contributed by atoms with Crippen LogP contribution < -0.4 is 10.6 Å². The summed E-state index contributed by atoms with van der Waals surface area (Å²) in [6.45, 7) is 2.90. The van der Waals surface area contributed by atoms with Crippen LogP contribution in [0.4, 0.5) is 0 Å². The van der Waals surface area contributed by atoms with Crippen LogP contribution in [0.5, 0.6) is 0 Å². The second kappa shape index (κ2) is 5.56. The highest BCUT2D eigenvalue weighted by Crippen LogP contribution is 1.94. The molecule has 0 aromatic carbocycles. The standard InChI is InChI=1S/C8H16N2O4/c1-4(9-3)7(12)10-6(5(2)11)8(13)14/h4-6,9,11H,1-3H3,(H,10,12)(H,13,14). The number of rotatable bonds is 5. The molecule has 0 bridgehead atoms. The van der Waals surface area contributed by atoms with Gasteiger partial charge in [0.2, 0.25) is 5.91 Å². The topological polar surface area (TPSA) is 98.7 Å². The van der Waals surface area contributed by atoms with Crippen LogP contribution in [0, 0.1) is 0 Å². The summed E-state index contributed by atoms with van der Waals surface area (Å²) < 4.78 is 0. The van der Waals surface area contributed by atoms with Crippen LogP contribution in [0.3, 0.4) is 0 Å². The smallest absolute Gasteiger partial charge is 0.328 e. The van der Waals surface area contributed by atoms with E-state index in [0.717, 1.165) is 0 Å². The molecule has 0 heterocycles. The van der Waals surface area contributed by atoms with E-state index in [0.29, 0.717) is 0 Å². The summed E-state index contributed by atoms with van der Waals surface area (Å²) in [7, 11) is 1.59. The molecule has 0 fully saturated rings. The minimum Gasteiger partial charge on any atom is -0.480 e. The van der Waals surface area contributed by atoms with Gasteiger partial charge in [0, 0.05) is 0 Å². The van der Waals surface area contributed by atoms with E-state index >= 15 is 0 Å². The van der Waals surface area contributed by atoms with Crippen LogP contribution in [-0.4, -0.2) is 47.3 Å². The molecule has 82 valence electrons. The van der Waals surface area contributed by atoms with Crippen molar-refractivity contribution < 1.29 is 19.8 Å². The lowest BCUT2D eigenvalue weighted by Crippen LogP contribution is -2.52. The van der Waals surface area contributed by atoms with Crippen molar-refractivity contribution in [2.75, 3.05) is 7.05 Å². The van der Waals surface area contributed by atoms with Gasteiger partial charge in [0.1, 0.15) is 0 Å². The quantitative estimate of drug-likeness (QED) is 0.439. The number of aliphatic hydroxyl groups is 1. The molecule has 1 amide bonds. The number of aliphatic carboxylic acids is 1. The highest BCUT2D eigenvalue weighted by atomic mass is 16.4. The fourth-order valence-electron chi connectivity index (χ4n) is 0.798. The van der Waals surface area contributed by atoms with Crippen LogP contribution in [0.1, 0.15) is 13.8 Å². The van der Waals surface area contributed by atoms with Gasteiger partial charge in [-0.1, -0.05) is 0 Å². The fraction of sp³-hybridized carbons (Fsp3) is 0.750. The van der Waals surface area contributed by atoms with E-state index in [-0.39, 0.29) is 0 Å². The summed E-state index contributed by atoms with van der Waals surface area (Å²) in [6, 6.07) is -1.76. The molecule has 0 aliphatic rings. The predicted octanol–water partition coefficient (Wildman–Crippen LogP) is -1.46. The zero-order valence-corrected chi connectivity index (χ0v) is 8.44. The van der Waals surface area contributed by atoms with Gasteiger partial charge in [-0.3, -0.25) is 4.79 Å². The Hall–Kier alpha value is -1.14. The Balaban J connectivity index is 4.31. The lowest BCUT2D eigenvalue weighted by Gasteiger charge is -2.19. The first-order valence-electron chi connectivity index (χ1n) is 4.28. The van der Waals surface area contributed by atoms with Crippen molar-refractivity contribution in [3.8, 4) is 0 Å². The number of aliphatic hydroxyl groups excluding tert-OH is 1. The van der Waals surface area contributed by atoms with Crippen LogP contribution >= 0.6 is 0 Å². The largest absolute Gasteiger partial charge is 0.480 e. The van der Waals surface area contributed by atoms with Gasteiger partial charge in [-0.2, -0.15) is 0 Å². The molecule has 0 rings (SSSR count). The van der Waals surface area contributed by atoms with E-state index in [1.165, 1.54) is 6.92 Å². The summed E-state index contributed by atoms with van der Waals surface area (Å²) in [5.74, 6) is -1.71. The third kappa shape index (κ3) is 3.71. The molecule has 0 saturated carbocycles. The van der Waals surface area contributed by atoms with E-state index in [9.17, 15) is 9.59 Å². The van der Waals surface area contributed by atoms with Crippen LogP contribution in [0.15, 0.2) is 0 Å². The lowest BCUT2D eigenvalue weighted by atomic mass is 10.1. The average Bonchev–Trinajstić information content (AvgIpc) is 2.11. The lowest BCUT2D eigenvalue weighted by molar-refractivity contribution is -0.145. The zero-order chi connectivity index (χ0) is 11.3. The molecular formula is C8H16N2O4. The molecule has 0 spiro atoms. The Labute approximate surface area is 82.3 Å². The van der Waals surface area contributed by atoms with Gasteiger partial charge in [0.15, 0.2) is 6.04 Å². The second-order valence-corrected chi connectivity index (χ2v) is 3.08. The Bertz CT molecular complexity index is 217. The SMILES string of the molecule is CNC(C)C(=O)NC(C(=O)O)C(C)O. The molecule has 6 nitrogen and oxygen atoms in total. The van der Waals surface area contributed by atoms with E-state index in [1.54, 1.807) is 14.0 Å². The van der Waals surface area contributed by atoms with Crippen molar-refractivity contribution in [1.82, 2.24) is 10.6 Å². The van der Waals surface area contributed by atoms with E-state index < -0.39 is 30.1 Å². The van der Waals surface area contributed by atoms with Gasteiger partial charge < -0.3 is 20.8 Å². The highest BCUT2D eigenvalue weighted by molar-refractivity contribution is 5.86. The Kier molecular flexibility index (Phi) is 5.11. The van der Waals surface area contributed by atoms with Gasteiger partial charge in [0.25, 0.3) is 0 Å². The molecule has 0 radical (unpaired) electrons. The number of carbonyl (C=O) groups excluding carboxylic acids is 1. The average molecular weight is 204 g/mol. The number of hydrogen-bond donors (Lipinski definition) is 4. The molecule has 6 heteroatoms. The first-order valence-corrected chi connectivity index (χ1v) is 4.28. The molecule has 3 unspecified atom stereocenters. The van der Waals surface area contributed by atoms with Gasteiger partial charge in [-0.25, -0.2) is 4.79 Å². The zero-order valence-electron chi connectivity index (χ0n) is 8.44. The third-order valence-corrected chi connectivity index (χ3v) is 1.87. The Morgan fingerprint density at radius 2 is 1.79 bits per heavy atom. The predicted molar refractivity (Wildman–Crippen MR) is 49.8 cm³/mol. The van der Waals surface area contributed by atoms with Gasteiger partial charge in [0.05, 0.1) is 12.1 Å². The summed E-state index contributed by atoms with van der Waals surface area (Å²) in [5, 5.41) is 22.6. The maximum Gasteiger partial charge on any atom is 0.328 e. The summed E-state index contributed by atoms with van der Waals surface area (Å²) in [4.78, 5) is 21.8. The minimum absolute atomic E-state index is 0.458. The third-order valence-electron chi connectivity index (χ3n) is 1.87.